The van der Waals surface area contributed by atoms with Crippen LogP contribution in [0.2, 0.25) is 0 Å². The third-order valence-electron chi connectivity index (χ3n) is 2.22. The molecule has 100 valence electrons. The second kappa shape index (κ2) is 7.60. The highest BCUT2D eigenvalue weighted by molar-refractivity contribution is 5.77. The van der Waals surface area contributed by atoms with Crippen molar-refractivity contribution >= 4 is 5.91 Å². The average Bonchev–Trinajstić information content (AvgIpc) is 2.36. The van der Waals surface area contributed by atoms with Crippen LogP contribution in [0.25, 0.3) is 0 Å². The largest absolute Gasteiger partial charge is 0.484 e. The van der Waals surface area contributed by atoms with E-state index in [0.717, 1.165) is 4.90 Å². The second-order valence-corrected chi connectivity index (χ2v) is 3.62. The summed E-state index contributed by atoms with van der Waals surface area (Å²) in [5, 5.41) is 0. The fraction of sp³-hybridized carbons (Fsp3) is 0.417. The first-order chi connectivity index (χ1) is 8.63. The van der Waals surface area contributed by atoms with Crippen LogP contribution in [0, 0.1) is 0 Å². The Morgan fingerprint density at radius 3 is 2.56 bits per heavy atom. The monoisotopic (exact) mass is 258 g/mol. The summed E-state index contributed by atoms with van der Waals surface area (Å²) in [6.07, 6.45) is -2.57. The SMILES string of the molecule is NCCN(CC(F)F)C(=O)COc1ccccc1. The van der Waals surface area contributed by atoms with E-state index in [1.54, 1.807) is 24.3 Å². The maximum atomic E-state index is 12.3. The van der Waals surface area contributed by atoms with Gasteiger partial charge in [0, 0.05) is 13.1 Å². The fourth-order valence-corrected chi connectivity index (χ4v) is 1.39. The number of carbonyl (C=O) groups excluding carboxylic acids is 1. The van der Waals surface area contributed by atoms with E-state index >= 15 is 0 Å². The third-order valence-corrected chi connectivity index (χ3v) is 2.22. The van der Waals surface area contributed by atoms with Gasteiger partial charge in [-0.1, -0.05) is 18.2 Å². The summed E-state index contributed by atoms with van der Waals surface area (Å²) in [4.78, 5) is 12.7. The van der Waals surface area contributed by atoms with Crippen LogP contribution in [0.4, 0.5) is 8.78 Å². The van der Waals surface area contributed by atoms with Crippen molar-refractivity contribution in [2.75, 3.05) is 26.2 Å². The van der Waals surface area contributed by atoms with Crippen molar-refractivity contribution in [1.29, 1.82) is 0 Å². The van der Waals surface area contributed by atoms with Gasteiger partial charge in [0.1, 0.15) is 5.75 Å². The Kier molecular flexibility index (Phi) is 6.07. The number of ether oxygens (including phenoxy) is 1. The first-order valence-electron chi connectivity index (χ1n) is 5.57. The Labute approximate surface area is 104 Å². The van der Waals surface area contributed by atoms with Gasteiger partial charge in [0.25, 0.3) is 12.3 Å². The number of benzene rings is 1. The molecule has 18 heavy (non-hydrogen) atoms. The van der Waals surface area contributed by atoms with Gasteiger partial charge in [-0.3, -0.25) is 4.79 Å². The molecule has 2 N–H and O–H groups in total. The summed E-state index contributed by atoms with van der Waals surface area (Å²) >= 11 is 0. The first kappa shape index (κ1) is 14.4. The average molecular weight is 258 g/mol. The maximum absolute atomic E-state index is 12.3. The predicted octanol–water partition coefficient (Wildman–Crippen LogP) is 1.12. The van der Waals surface area contributed by atoms with E-state index < -0.39 is 18.9 Å². The lowest BCUT2D eigenvalue weighted by atomic mass is 10.3. The molecule has 0 fully saturated rings. The number of hydrogen-bond acceptors (Lipinski definition) is 3. The standard InChI is InChI=1S/C12H16F2N2O2/c13-11(14)8-16(7-6-15)12(17)9-18-10-4-2-1-3-5-10/h1-5,11H,6-9,15H2. The minimum Gasteiger partial charge on any atom is -0.484 e. The third kappa shape index (κ3) is 5.09. The van der Waals surface area contributed by atoms with Gasteiger partial charge in [-0.25, -0.2) is 8.78 Å². The van der Waals surface area contributed by atoms with E-state index in [1.165, 1.54) is 0 Å². The van der Waals surface area contributed by atoms with E-state index in [0.29, 0.717) is 5.75 Å². The minimum absolute atomic E-state index is 0.0985. The number of rotatable bonds is 7. The first-order valence-corrected chi connectivity index (χ1v) is 5.57. The minimum atomic E-state index is -2.57. The highest BCUT2D eigenvalue weighted by Gasteiger charge is 2.17. The maximum Gasteiger partial charge on any atom is 0.260 e. The Morgan fingerprint density at radius 1 is 1.33 bits per heavy atom. The number of carbonyl (C=O) groups is 1. The van der Waals surface area contributed by atoms with E-state index in [-0.39, 0.29) is 19.7 Å². The van der Waals surface area contributed by atoms with E-state index in [2.05, 4.69) is 0 Å². The number of hydrogen-bond donors (Lipinski definition) is 1. The molecule has 0 aliphatic rings. The van der Waals surface area contributed by atoms with Gasteiger partial charge in [0.2, 0.25) is 0 Å². The number of amides is 1. The summed E-state index contributed by atoms with van der Waals surface area (Å²) in [5.74, 6) is 0.0280. The van der Waals surface area contributed by atoms with Crippen molar-refractivity contribution in [1.82, 2.24) is 4.90 Å². The molecule has 1 aromatic carbocycles. The molecule has 0 saturated heterocycles. The number of nitrogens with zero attached hydrogens (tertiary/aromatic N) is 1. The molecule has 1 amide bonds. The molecule has 1 aromatic rings. The molecule has 0 bridgehead atoms. The topological polar surface area (TPSA) is 55.6 Å². The zero-order valence-corrected chi connectivity index (χ0v) is 9.89. The van der Waals surface area contributed by atoms with E-state index in [1.807, 2.05) is 6.07 Å². The number of halogens is 2. The van der Waals surface area contributed by atoms with Gasteiger partial charge < -0.3 is 15.4 Å². The van der Waals surface area contributed by atoms with Crippen LogP contribution in [-0.2, 0) is 4.79 Å². The highest BCUT2D eigenvalue weighted by atomic mass is 19.3. The smallest absolute Gasteiger partial charge is 0.260 e. The molecular weight excluding hydrogens is 242 g/mol. The second-order valence-electron chi connectivity index (χ2n) is 3.62. The van der Waals surface area contributed by atoms with Crippen molar-refractivity contribution in [3.8, 4) is 5.75 Å². The molecule has 6 heteroatoms. The Bertz CT molecular complexity index is 360. The normalized spacial score (nSPS) is 10.4. The summed E-state index contributed by atoms with van der Waals surface area (Å²) in [5.41, 5.74) is 5.27. The lowest BCUT2D eigenvalue weighted by molar-refractivity contribution is -0.135. The summed E-state index contributed by atoms with van der Waals surface area (Å²) in [6.45, 7) is -0.643. The van der Waals surface area contributed by atoms with Gasteiger partial charge in [0.05, 0.1) is 6.54 Å². The number of alkyl halides is 2. The van der Waals surface area contributed by atoms with Gasteiger partial charge in [-0.05, 0) is 12.1 Å². The van der Waals surface area contributed by atoms with Crippen molar-refractivity contribution < 1.29 is 18.3 Å². The summed E-state index contributed by atoms with van der Waals surface area (Å²) in [7, 11) is 0. The summed E-state index contributed by atoms with van der Waals surface area (Å²) < 4.78 is 29.7. The molecule has 1 rings (SSSR count). The lowest BCUT2D eigenvalue weighted by Gasteiger charge is -2.21. The van der Waals surface area contributed by atoms with Crippen LogP contribution in [0.15, 0.2) is 30.3 Å². The predicted molar refractivity (Wildman–Crippen MR) is 63.6 cm³/mol. The van der Waals surface area contributed by atoms with Gasteiger partial charge >= 0.3 is 0 Å². The fourth-order valence-electron chi connectivity index (χ4n) is 1.39. The molecule has 0 atom stereocenters. The molecule has 0 spiro atoms. The Hall–Kier alpha value is -1.69. The zero-order valence-electron chi connectivity index (χ0n) is 9.89. The number of nitrogens with two attached hydrogens (primary N) is 1. The van der Waals surface area contributed by atoms with Crippen molar-refractivity contribution in [3.05, 3.63) is 30.3 Å². The molecule has 4 nitrogen and oxygen atoms in total. The van der Waals surface area contributed by atoms with Gasteiger partial charge in [-0.2, -0.15) is 0 Å². The van der Waals surface area contributed by atoms with Crippen LogP contribution >= 0.6 is 0 Å². The molecule has 0 aliphatic carbocycles. The van der Waals surface area contributed by atoms with E-state index in [4.69, 9.17) is 10.5 Å². The quantitative estimate of drug-likeness (QED) is 0.797. The zero-order chi connectivity index (χ0) is 13.4. The highest BCUT2D eigenvalue weighted by Crippen LogP contribution is 2.08. The van der Waals surface area contributed by atoms with Crippen molar-refractivity contribution in [2.45, 2.75) is 6.43 Å². The van der Waals surface area contributed by atoms with Crippen LogP contribution in [0.3, 0.4) is 0 Å². The lowest BCUT2D eigenvalue weighted by Crippen LogP contribution is -2.41. The molecular formula is C12H16F2N2O2. The molecule has 0 unspecified atom stereocenters. The van der Waals surface area contributed by atoms with Crippen molar-refractivity contribution in [2.24, 2.45) is 5.73 Å². The van der Waals surface area contributed by atoms with E-state index in [9.17, 15) is 13.6 Å². The molecule has 0 heterocycles. The van der Waals surface area contributed by atoms with Crippen LogP contribution in [0.1, 0.15) is 0 Å². The van der Waals surface area contributed by atoms with Crippen LogP contribution in [0.5, 0.6) is 5.75 Å². The van der Waals surface area contributed by atoms with Crippen LogP contribution < -0.4 is 10.5 Å². The van der Waals surface area contributed by atoms with Crippen LogP contribution in [-0.4, -0.2) is 43.5 Å². The van der Waals surface area contributed by atoms with Gasteiger partial charge in [0.15, 0.2) is 6.61 Å². The molecule has 0 aliphatic heterocycles. The Balaban J connectivity index is 2.46. The molecule has 0 radical (unpaired) electrons. The Morgan fingerprint density at radius 2 is 2.00 bits per heavy atom. The van der Waals surface area contributed by atoms with Gasteiger partial charge in [-0.15, -0.1) is 0 Å². The molecule has 0 aromatic heterocycles. The van der Waals surface area contributed by atoms with Crippen molar-refractivity contribution in [3.63, 3.8) is 0 Å². The summed E-state index contributed by atoms with van der Waals surface area (Å²) in [6, 6.07) is 8.71. The number of para-hydroxylation sites is 1. The molecule has 0 saturated carbocycles.